The Balaban J connectivity index is 1.79. The Bertz CT molecular complexity index is 618. The first-order valence-electron chi connectivity index (χ1n) is 7.64. The average Bonchev–Trinajstić information content (AvgIpc) is 2.96. The van der Waals surface area contributed by atoms with E-state index in [1.165, 1.54) is 10.6 Å². The quantitative estimate of drug-likeness (QED) is 0.787. The number of carbonyl (C=O) groups excluding carboxylic acids is 1. The highest BCUT2D eigenvalue weighted by Gasteiger charge is 2.30. The Morgan fingerprint density at radius 2 is 2.13 bits per heavy atom. The van der Waals surface area contributed by atoms with Crippen molar-refractivity contribution in [2.75, 3.05) is 25.9 Å². The lowest BCUT2D eigenvalue weighted by atomic mass is 9.95. The van der Waals surface area contributed by atoms with Gasteiger partial charge in [0.2, 0.25) is 15.9 Å². The first kappa shape index (κ1) is 18.4. The van der Waals surface area contributed by atoms with Gasteiger partial charge in [-0.3, -0.25) is 4.79 Å². The van der Waals surface area contributed by atoms with E-state index in [2.05, 4.69) is 5.32 Å². The van der Waals surface area contributed by atoms with Crippen molar-refractivity contribution in [3.63, 3.8) is 0 Å². The number of amides is 1. The fourth-order valence-corrected chi connectivity index (χ4v) is 4.31. The van der Waals surface area contributed by atoms with Crippen LogP contribution >= 0.6 is 11.3 Å². The maximum atomic E-state index is 12.2. The van der Waals surface area contributed by atoms with Crippen molar-refractivity contribution in [3.8, 4) is 0 Å². The molecule has 1 fully saturated rings. The lowest BCUT2D eigenvalue weighted by Gasteiger charge is -2.30. The van der Waals surface area contributed by atoms with Crippen molar-refractivity contribution < 1.29 is 18.3 Å². The molecule has 1 aromatic heterocycles. The van der Waals surface area contributed by atoms with Gasteiger partial charge in [0.25, 0.3) is 0 Å². The maximum Gasteiger partial charge on any atom is 0.223 e. The van der Waals surface area contributed by atoms with E-state index in [1.54, 1.807) is 18.3 Å². The second kappa shape index (κ2) is 7.29. The minimum absolute atomic E-state index is 0.108. The first-order valence-corrected chi connectivity index (χ1v) is 10.4. The minimum Gasteiger partial charge on any atom is -0.388 e. The predicted molar refractivity (Wildman–Crippen MR) is 90.8 cm³/mol. The zero-order valence-corrected chi connectivity index (χ0v) is 15.1. The van der Waals surface area contributed by atoms with Crippen LogP contribution in [0.5, 0.6) is 0 Å². The molecule has 0 spiro atoms. The van der Waals surface area contributed by atoms with E-state index in [1.807, 2.05) is 16.8 Å². The Morgan fingerprint density at radius 3 is 2.65 bits per heavy atom. The van der Waals surface area contributed by atoms with Gasteiger partial charge in [-0.25, -0.2) is 12.7 Å². The molecular formula is C15H24N2O4S2. The van der Waals surface area contributed by atoms with Crippen molar-refractivity contribution in [1.29, 1.82) is 0 Å². The first-order chi connectivity index (χ1) is 10.7. The molecule has 0 aliphatic carbocycles. The van der Waals surface area contributed by atoms with Gasteiger partial charge in [0.1, 0.15) is 0 Å². The van der Waals surface area contributed by atoms with Crippen LogP contribution in [0.15, 0.2) is 16.8 Å². The molecule has 0 aromatic carbocycles. The normalized spacial score (nSPS) is 20.1. The van der Waals surface area contributed by atoms with Gasteiger partial charge >= 0.3 is 0 Å². The molecule has 2 N–H and O–H groups in total. The maximum absolute atomic E-state index is 12.2. The number of rotatable bonds is 6. The third-order valence-corrected chi connectivity index (χ3v) is 6.14. The predicted octanol–water partition coefficient (Wildman–Crippen LogP) is 0.829. The van der Waals surface area contributed by atoms with Gasteiger partial charge in [0, 0.05) is 32.0 Å². The molecule has 23 heavy (non-hydrogen) atoms. The molecule has 1 unspecified atom stereocenters. The van der Waals surface area contributed by atoms with E-state index in [4.69, 9.17) is 0 Å². The van der Waals surface area contributed by atoms with Gasteiger partial charge in [-0.1, -0.05) is 0 Å². The second-order valence-corrected chi connectivity index (χ2v) is 9.22. The number of carbonyl (C=O) groups is 1. The van der Waals surface area contributed by atoms with Crippen LogP contribution in [0.25, 0.3) is 0 Å². The molecule has 1 aromatic rings. The molecule has 1 aliphatic heterocycles. The third-order valence-electron chi connectivity index (χ3n) is 4.10. The number of nitrogens with one attached hydrogen (secondary N) is 1. The van der Waals surface area contributed by atoms with Crippen LogP contribution in [0.4, 0.5) is 0 Å². The van der Waals surface area contributed by atoms with Gasteiger partial charge in [-0.05, 0) is 42.2 Å². The Morgan fingerprint density at radius 1 is 1.48 bits per heavy atom. The summed E-state index contributed by atoms with van der Waals surface area (Å²) >= 11 is 1.58. The fourth-order valence-electron chi connectivity index (χ4n) is 2.77. The van der Waals surface area contributed by atoms with Crippen LogP contribution in [-0.4, -0.2) is 55.2 Å². The molecule has 1 atom stereocenters. The zero-order valence-electron chi connectivity index (χ0n) is 13.5. The van der Waals surface area contributed by atoms with E-state index in [9.17, 15) is 18.3 Å². The summed E-state index contributed by atoms with van der Waals surface area (Å²) in [6.45, 7) is 2.65. The van der Waals surface area contributed by atoms with Crippen LogP contribution in [0.1, 0.15) is 25.3 Å². The lowest BCUT2D eigenvalue weighted by molar-refractivity contribution is -0.127. The summed E-state index contributed by atoms with van der Waals surface area (Å²) in [6, 6.07) is 1.96. The van der Waals surface area contributed by atoms with Crippen LogP contribution in [0.3, 0.4) is 0 Å². The molecule has 6 nitrogen and oxygen atoms in total. The molecule has 0 bridgehead atoms. The highest BCUT2D eigenvalue weighted by molar-refractivity contribution is 7.88. The van der Waals surface area contributed by atoms with Crippen molar-refractivity contribution in [2.24, 2.45) is 5.92 Å². The number of thiophene rings is 1. The largest absolute Gasteiger partial charge is 0.388 e. The molecule has 8 heteroatoms. The van der Waals surface area contributed by atoms with E-state index in [0.717, 1.165) is 5.56 Å². The smallest absolute Gasteiger partial charge is 0.223 e. The average molecular weight is 361 g/mol. The van der Waals surface area contributed by atoms with Gasteiger partial charge in [0.15, 0.2) is 0 Å². The molecule has 130 valence electrons. The highest BCUT2D eigenvalue weighted by Crippen LogP contribution is 2.20. The van der Waals surface area contributed by atoms with Gasteiger partial charge in [-0.2, -0.15) is 11.3 Å². The zero-order chi connectivity index (χ0) is 17.1. The summed E-state index contributed by atoms with van der Waals surface area (Å²) in [5.74, 6) is -0.298. The topological polar surface area (TPSA) is 86.7 Å². The number of hydrogen-bond acceptors (Lipinski definition) is 5. The van der Waals surface area contributed by atoms with Gasteiger partial charge < -0.3 is 10.4 Å². The van der Waals surface area contributed by atoms with Crippen LogP contribution < -0.4 is 5.32 Å². The minimum atomic E-state index is -3.18. The number of piperidine rings is 1. The summed E-state index contributed by atoms with van der Waals surface area (Å²) in [5.41, 5.74) is 0.0557. The molecule has 0 saturated carbocycles. The molecule has 2 heterocycles. The van der Waals surface area contributed by atoms with Crippen molar-refractivity contribution in [1.82, 2.24) is 9.62 Å². The standard InChI is InChI=1S/C15H24N2O4S2/c1-15(19,9-12-5-8-22-10-12)11-16-14(18)13-3-6-17(7-4-13)23(2,20)21/h5,8,10,13,19H,3-4,6-7,9,11H2,1-2H3,(H,16,18). The Kier molecular flexibility index (Phi) is 5.83. The molecular weight excluding hydrogens is 336 g/mol. The Labute approximate surface area is 141 Å². The summed E-state index contributed by atoms with van der Waals surface area (Å²) < 4.78 is 24.3. The molecule has 2 rings (SSSR count). The van der Waals surface area contributed by atoms with Crippen molar-refractivity contribution in [2.45, 2.75) is 31.8 Å². The molecule has 0 radical (unpaired) electrons. The second-order valence-electron chi connectivity index (χ2n) is 6.46. The van der Waals surface area contributed by atoms with Crippen LogP contribution in [0.2, 0.25) is 0 Å². The fraction of sp³-hybridized carbons (Fsp3) is 0.667. The summed E-state index contributed by atoms with van der Waals surface area (Å²) in [4.78, 5) is 12.2. The van der Waals surface area contributed by atoms with Gasteiger partial charge in [0.05, 0.1) is 11.9 Å². The van der Waals surface area contributed by atoms with Crippen molar-refractivity contribution in [3.05, 3.63) is 22.4 Å². The monoisotopic (exact) mass is 360 g/mol. The van der Waals surface area contributed by atoms with E-state index in [0.29, 0.717) is 32.4 Å². The SMILES string of the molecule is CC(O)(CNC(=O)C1CCN(S(C)(=O)=O)CC1)Cc1ccsc1. The number of hydrogen-bond donors (Lipinski definition) is 2. The van der Waals surface area contributed by atoms with E-state index in [-0.39, 0.29) is 18.4 Å². The number of sulfonamides is 1. The number of nitrogens with zero attached hydrogens (tertiary/aromatic N) is 1. The van der Waals surface area contributed by atoms with Crippen LogP contribution in [0, 0.1) is 5.92 Å². The van der Waals surface area contributed by atoms with Crippen LogP contribution in [-0.2, 0) is 21.2 Å². The lowest BCUT2D eigenvalue weighted by Crippen LogP contribution is -2.47. The van der Waals surface area contributed by atoms with E-state index < -0.39 is 15.6 Å². The molecule has 1 aliphatic rings. The van der Waals surface area contributed by atoms with Gasteiger partial charge in [-0.15, -0.1) is 0 Å². The summed E-state index contributed by atoms with van der Waals surface area (Å²) in [7, 11) is -3.18. The molecule has 1 amide bonds. The summed E-state index contributed by atoms with van der Waals surface area (Å²) in [6.07, 6.45) is 2.72. The summed E-state index contributed by atoms with van der Waals surface area (Å²) in [5, 5.41) is 17.1. The van der Waals surface area contributed by atoms with Crippen molar-refractivity contribution >= 4 is 27.3 Å². The highest BCUT2D eigenvalue weighted by atomic mass is 32.2. The third kappa shape index (κ3) is 5.56. The number of aliphatic hydroxyl groups is 1. The molecule has 1 saturated heterocycles. The Hall–Kier alpha value is -0.960. The van der Waals surface area contributed by atoms with E-state index >= 15 is 0 Å².